The van der Waals surface area contributed by atoms with Gasteiger partial charge >= 0.3 is 5.97 Å². The molecule has 0 aliphatic rings. The number of hydrogen-bond acceptors (Lipinski definition) is 5. The van der Waals surface area contributed by atoms with E-state index in [0.29, 0.717) is 26.9 Å². The highest BCUT2D eigenvalue weighted by atomic mass is 79.9. The molecule has 162 valence electrons. The average molecular weight is 588 g/mol. The number of esters is 1. The summed E-state index contributed by atoms with van der Waals surface area (Å²) in [5.41, 5.74) is 1.86. The van der Waals surface area contributed by atoms with Gasteiger partial charge < -0.3 is 14.8 Å². The van der Waals surface area contributed by atoms with Crippen molar-refractivity contribution in [2.24, 2.45) is 0 Å². The summed E-state index contributed by atoms with van der Waals surface area (Å²) in [7, 11) is 0. The van der Waals surface area contributed by atoms with Crippen LogP contribution in [0.25, 0.3) is 11.1 Å². The number of amides is 1. The van der Waals surface area contributed by atoms with E-state index in [1.807, 2.05) is 31.2 Å². The van der Waals surface area contributed by atoms with Crippen LogP contribution in [0.2, 0.25) is 5.02 Å². The van der Waals surface area contributed by atoms with E-state index >= 15 is 0 Å². The number of thiophene rings is 1. The third kappa shape index (κ3) is 5.88. The van der Waals surface area contributed by atoms with Gasteiger partial charge in [-0.3, -0.25) is 4.79 Å². The predicted molar refractivity (Wildman–Crippen MR) is 131 cm³/mol. The molecule has 0 saturated carbocycles. The second-order valence-electron chi connectivity index (χ2n) is 6.38. The summed E-state index contributed by atoms with van der Waals surface area (Å²) in [5.74, 6) is -0.346. The van der Waals surface area contributed by atoms with Gasteiger partial charge in [0.2, 0.25) is 0 Å². The quantitative estimate of drug-likeness (QED) is 0.300. The summed E-state index contributed by atoms with van der Waals surface area (Å²) in [4.78, 5) is 26.2. The van der Waals surface area contributed by atoms with Gasteiger partial charge in [-0.05, 0) is 65.7 Å². The molecule has 0 unspecified atom stereocenters. The number of nitrogens with one attached hydrogen (secondary N) is 1. The van der Waals surface area contributed by atoms with Crippen molar-refractivity contribution in [3.8, 4) is 16.9 Å². The first kappa shape index (κ1) is 23.8. The summed E-state index contributed by atoms with van der Waals surface area (Å²) in [6.07, 6.45) is 0. The molecule has 1 N–H and O–H groups in total. The van der Waals surface area contributed by atoms with E-state index in [4.69, 9.17) is 21.1 Å². The maximum Gasteiger partial charge on any atom is 0.341 e. The fourth-order valence-electron chi connectivity index (χ4n) is 2.89. The molecule has 1 aromatic heterocycles. The van der Waals surface area contributed by atoms with Crippen molar-refractivity contribution in [1.29, 1.82) is 0 Å². The number of ether oxygens (including phenoxy) is 2. The Bertz CT molecular complexity index is 1120. The van der Waals surface area contributed by atoms with Crippen molar-refractivity contribution in [2.45, 2.75) is 13.8 Å². The zero-order chi connectivity index (χ0) is 22.5. The van der Waals surface area contributed by atoms with Crippen molar-refractivity contribution in [1.82, 2.24) is 0 Å². The number of carbonyl (C=O) groups excluding carboxylic acids is 2. The van der Waals surface area contributed by atoms with Crippen LogP contribution >= 0.6 is 54.8 Å². The van der Waals surface area contributed by atoms with Crippen LogP contribution in [0.4, 0.5) is 5.00 Å². The number of carbonyl (C=O) groups is 2. The minimum Gasteiger partial charge on any atom is -0.483 e. The molecule has 5 nitrogen and oxygen atoms in total. The molecule has 0 radical (unpaired) electrons. The lowest BCUT2D eigenvalue weighted by molar-refractivity contribution is -0.118. The number of halogens is 3. The zero-order valence-electron chi connectivity index (χ0n) is 16.6. The standard InChI is InChI=1S/C22H18Br2ClNO4S/c1-3-29-22(28)20-19(13-4-7-15(25)8-5-13)12(2)31-21(20)26-18(27)11-30-17-9-6-14(23)10-16(17)24/h4-10H,3,11H2,1-2H3,(H,26,27). The van der Waals surface area contributed by atoms with E-state index < -0.39 is 5.97 Å². The Hall–Kier alpha value is -1.87. The maximum atomic E-state index is 12.7. The molecule has 0 aliphatic heterocycles. The molecule has 0 saturated heterocycles. The molecular formula is C22H18Br2ClNO4S. The Kier molecular flexibility index (Phi) is 8.16. The Morgan fingerprint density at radius 2 is 1.84 bits per heavy atom. The molecule has 9 heteroatoms. The van der Waals surface area contributed by atoms with Crippen LogP contribution in [-0.2, 0) is 9.53 Å². The topological polar surface area (TPSA) is 64.6 Å². The molecule has 3 aromatic rings. The van der Waals surface area contributed by atoms with Gasteiger partial charge in [0.25, 0.3) is 5.91 Å². The molecular weight excluding hydrogens is 570 g/mol. The van der Waals surface area contributed by atoms with Gasteiger partial charge in [0.05, 0.1) is 11.1 Å². The SMILES string of the molecule is CCOC(=O)c1c(NC(=O)COc2ccc(Br)cc2Br)sc(C)c1-c1ccc(Cl)cc1. The molecule has 0 aliphatic carbocycles. The largest absolute Gasteiger partial charge is 0.483 e. The van der Waals surface area contributed by atoms with Crippen LogP contribution < -0.4 is 10.1 Å². The van der Waals surface area contributed by atoms with E-state index in [1.165, 1.54) is 11.3 Å². The lowest BCUT2D eigenvalue weighted by Crippen LogP contribution is -2.21. The Morgan fingerprint density at radius 1 is 1.13 bits per heavy atom. The fraction of sp³-hybridized carbons (Fsp3) is 0.182. The normalized spacial score (nSPS) is 10.6. The van der Waals surface area contributed by atoms with Crippen molar-refractivity contribution >= 4 is 71.7 Å². The number of hydrogen-bond donors (Lipinski definition) is 1. The molecule has 0 atom stereocenters. The van der Waals surface area contributed by atoms with Crippen molar-refractivity contribution in [3.05, 3.63) is 66.9 Å². The summed E-state index contributed by atoms with van der Waals surface area (Å²) >= 11 is 14.1. The van der Waals surface area contributed by atoms with E-state index in [-0.39, 0.29) is 19.1 Å². The number of aryl methyl sites for hydroxylation is 1. The van der Waals surface area contributed by atoms with Crippen LogP contribution in [0.15, 0.2) is 51.4 Å². The third-order valence-corrected chi connectivity index (χ3v) is 6.59. The molecule has 0 spiro atoms. The first-order valence-electron chi connectivity index (χ1n) is 9.24. The van der Waals surface area contributed by atoms with E-state index in [0.717, 1.165) is 19.4 Å². The fourth-order valence-corrected chi connectivity index (χ4v) is 5.26. The second kappa shape index (κ2) is 10.6. The van der Waals surface area contributed by atoms with E-state index in [1.54, 1.807) is 25.1 Å². The minimum absolute atomic E-state index is 0.213. The summed E-state index contributed by atoms with van der Waals surface area (Å²) in [6.45, 7) is 3.64. The van der Waals surface area contributed by atoms with Gasteiger partial charge in [0.1, 0.15) is 16.3 Å². The monoisotopic (exact) mass is 585 g/mol. The zero-order valence-corrected chi connectivity index (χ0v) is 21.4. The van der Waals surface area contributed by atoms with Gasteiger partial charge in [-0.15, -0.1) is 11.3 Å². The first-order chi connectivity index (χ1) is 14.8. The molecule has 31 heavy (non-hydrogen) atoms. The molecule has 1 heterocycles. The molecule has 2 aromatic carbocycles. The summed E-state index contributed by atoms with van der Waals surface area (Å²) in [6, 6.07) is 12.6. The van der Waals surface area contributed by atoms with Crippen molar-refractivity contribution < 1.29 is 19.1 Å². The van der Waals surface area contributed by atoms with E-state index in [9.17, 15) is 9.59 Å². The number of benzene rings is 2. The third-order valence-electron chi connectivity index (χ3n) is 4.20. The number of rotatable bonds is 7. The molecule has 0 fully saturated rings. The van der Waals surface area contributed by atoms with Crippen LogP contribution in [0.5, 0.6) is 5.75 Å². The summed E-state index contributed by atoms with van der Waals surface area (Å²) in [5, 5.41) is 3.81. The van der Waals surface area contributed by atoms with Crippen molar-refractivity contribution in [3.63, 3.8) is 0 Å². The highest BCUT2D eigenvalue weighted by Gasteiger charge is 2.25. The van der Waals surface area contributed by atoms with Crippen LogP contribution in [-0.4, -0.2) is 25.1 Å². The molecule has 1 amide bonds. The van der Waals surface area contributed by atoms with Gasteiger partial charge in [-0.1, -0.05) is 39.7 Å². The van der Waals surface area contributed by atoms with Crippen LogP contribution in [0.1, 0.15) is 22.2 Å². The Morgan fingerprint density at radius 3 is 2.48 bits per heavy atom. The Balaban J connectivity index is 1.86. The number of anilines is 1. The van der Waals surface area contributed by atoms with Crippen LogP contribution in [0, 0.1) is 6.92 Å². The van der Waals surface area contributed by atoms with Gasteiger partial charge in [-0.2, -0.15) is 0 Å². The van der Waals surface area contributed by atoms with E-state index in [2.05, 4.69) is 37.2 Å². The molecule has 3 rings (SSSR count). The second-order valence-corrected chi connectivity index (χ2v) is 9.81. The lowest BCUT2D eigenvalue weighted by atomic mass is 10.0. The minimum atomic E-state index is -0.497. The lowest BCUT2D eigenvalue weighted by Gasteiger charge is -2.11. The maximum absolute atomic E-state index is 12.7. The van der Waals surface area contributed by atoms with Gasteiger partial charge in [-0.25, -0.2) is 4.79 Å². The van der Waals surface area contributed by atoms with Gasteiger partial charge in [0.15, 0.2) is 6.61 Å². The molecule has 0 bridgehead atoms. The summed E-state index contributed by atoms with van der Waals surface area (Å²) < 4.78 is 12.5. The predicted octanol–water partition coefficient (Wildman–Crippen LogP) is 7.10. The Labute approximate surface area is 206 Å². The average Bonchev–Trinajstić information content (AvgIpc) is 3.03. The first-order valence-corrected chi connectivity index (χ1v) is 12.0. The van der Waals surface area contributed by atoms with Crippen molar-refractivity contribution in [2.75, 3.05) is 18.5 Å². The smallest absolute Gasteiger partial charge is 0.341 e. The highest BCUT2D eigenvalue weighted by Crippen LogP contribution is 2.40. The van der Waals surface area contributed by atoms with Gasteiger partial charge in [0, 0.05) is 19.9 Å². The van der Waals surface area contributed by atoms with Crippen LogP contribution in [0.3, 0.4) is 0 Å². The highest BCUT2D eigenvalue weighted by molar-refractivity contribution is 9.11.